The highest BCUT2D eigenvalue weighted by atomic mass is 16.5. The minimum absolute atomic E-state index is 0.150. The van der Waals surface area contributed by atoms with Gasteiger partial charge in [0.1, 0.15) is 18.1 Å². The van der Waals surface area contributed by atoms with Crippen LogP contribution in [0, 0.1) is 19.3 Å². The number of carbonyl (C=O) groups is 1. The Balaban J connectivity index is 1.63. The number of carbonyl (C=O) groups excluding carboxylic acids is 1. The van der Waals surface area contributed by atoms with Gasteiger partial charge in [-0.15, -0.1) is 0 Å². The van der Waals surface area contributed by atoms with Crippen LogP contribution in [0.3, 0.4) is 0 Å². The second-order valence-corrected chi connectivity index (χ2v) is 10.9. The van der Waals surface area contributed by atoms with Crippen molar-refractivity contribution in [2.24, 2.45) is 5.41 Å². The van der Waals surface area contributed by atoms with Crippen LogP contribution >= 0.6 is 0 Å². The highest BCUT2D eigenvalue weighted by Gasteiger charge is 2.48. The van der Waals surface area contributed by atoms with Gasteiger partial charge in [-0.3, -0.25) is 0 Å². The van der Waals surface area contributed by atoms with Crippen LogP contribution in [0.25, 0.3) is 11.1 Å². The molecular formula is C33H30O5. The van der Waals surface area contributed by atoms with Crippen LogP contribution in [-0.2, 0) is 14.9 Å². The molecule has 4 aromatic rings. The first-order chi connectivity index (χ1) is 18.2. The van der Waals surface area contributed by atoms with Gasteiger partial charge < -0.3 is 19.7 Å². The molecule has 38 heavy (non-hydrogen) atoms. The normalized spacial score (nSPS) is 16.3. The second kappa shape index (κ2) is 8.74. The fraction of sp³-hybridized carbons (Fsp3) is 0.242. The average molecular weight is 507 g/mol. The lowest BCUT2D eigenvalue weighted by Gasteiger charge is -2.37. The highest BCUT2D eigenvalue weighted by Crippen LogP contribution is 2.57. The number of fused-ring (bicyclic) bond motifs is 3. The molecule has 1 fully saturated rings. The van der Waals surface area contributed by atoms with E-state index in [9.17, 15) is 15.0 Å². The van der Waals surface area contributed by atoms with E-state index in [0.717, 1.165) is 44.5 Å². The number of aromatic hydroxyl groups is 2. The molecule has 1 saturated heterocycles. The van der Waals surface area contributed by atoms with Crippen molar-refractivity contribution >= 4 is 5.97 Å². The number of esters is 1. The molecule has 0 radical (unpaired) electrons. The summed E-state index contributed by atoms with van der Waals surface area (Å²) < 4.78 is 11.2. The van der Waals surface area contributed by atoms with Gasteiger partial charge in [-0.1, -0.05) is 67.6 Å². The SMILES string of the molecule is Cc1cc(C2(c3ccc(O)c(C)c3)c3ccccc3-c3c(C(=O)OCC4(C)COC4)cccc32)ccc1O. The van der Waals surface area contributed by atoms with Gasteiger partial charge in [-0.05, 0) is 71.0 Å². The number of aryl methyl sites for hydroxylation is 2. The first kappa shape index (κ1) is 24.3. The van der Waals surface area contributed by atoms with Gasteiger partial charge in [-0.2, -0.15) is 0 Å². The minimum Gasteiger partial charge on any atom is -0.508 e. The topological polar surface area (TPSA) is 76.0 Å². The van der Waals surface area contributed by atoms with Crippen LogP contribution < -0.4 is 0 Å². The predicted molar refractivity (Wildman–Crippen MR) is 146 cm³/mol. The van der Waals surface area contributed by atoms with E-state index in [4.69, 9.17) is 9.47 Å². The Bertz CT molecular complexity index is 1530. The first-order valence-electron chi connectivity index (χ1n) is 12.8. The van der Waals surface area contributed by atoms with Crippen LogP contribution in [0.2, 0.25) is 0 Å². The number of phenols is 2. The number of benzene rings is 4. The molecule has 2 aliphatic rings. The summed E-state index contributed by atoms with van der Waals surface area (Å²) in [6.07, 6.45) is 0. The van der Waals surface area contributed by atoms with E-state index in [1.807, 2.05) is 68.4 Å². The molecule has 6 rings (SSSR count). The zero-order valence-corrected chi connectivity index (χ0v) is 21.7. The molecule has 0 aromatic heterocycles. The van der Waals surface area contributed by atoms with Gasteiger partial charge in [0.2, 0.25) is 0 Å². The monoisotopic (exact) mass is 506 g/mol. The summed E-state index contributed by atoms with van der Waals surface area (Å²) in [5, 5.41) is 20.8. The Morgan fingerprint density at radius 1 is 0.842 bits per heavy atom. The van der Waals surface area contributed by atoms with E-state index in [-0.39, 0.29) is 22.9 Å². The second-order valence-electron chi connectivity index (χ2n) is 10.9. The summed E-state index contributed by atoms with van der Waals surface area (Å²) in [7, 11) is 0. The molecule has 1 aliphatic heterocycles. The lowest BCUT2D eigenvalue weighted by Crippen LogP contribution is -2.44. The maximum absolute atomic E-state index is 13.6. The van der Waals surface area contributed by atoms with Crippen molar-refractivity contribution in [1.29, 1.82) is 0 Å². The van der Waals surface area contributed by atoms with E-state index < -0.39 is 5.41 Å². The van der Waals surface area contributed by atoms with Crippen molar-refractivity contribution in [3.63, 3.8) is 0 Å². The fourth-order valence-corrected chi connectivity index (χ4v) is 5.92. The molecule has 192 valence electrons. The summed E-state index contributed by atoms with van der Waals surface area (Å²) in [4.78, 5) is 13.6. The highest BCUT2D eigenvalue weighted by molar-refractivity contribution is 6.02. The van der Waals surface area contributed by atoms with Crippen molar-refractivity contribution in [3.05, 3.63) is 118 Å². The lowest BCUT2D eigenvalue weighted by atomic mass is 9.67. The van der Waals surface area contributed by atoms with Crippen LogP contribution in [0.15, 0.2) is 78.9 Å². The van der Waals surface area contributed by atoms with Crippen molar-refractivity contribution in [1.82, 2.24) is 0 Å². The zero-order valence-electron chi connectivity index (χ0n) is 21.7. The van der Waals surface area contributed by atoms with E-state index in [1.165, 1.54) is 0 Å². The molecule has 0 saturated carbocycles. The van der Waals surface area contributed by atoms with Crippen LogP contribution in [0.5, 0.6) is 11.5 Å². The number of hydrogen-bond donors (Lipinski definition) is 2. The van der Waals surface area contributed by atoms with Crippen LogP contribution in [0.1, 0.15) is 50.7 Å². The molecule has 0 atom stereocenters. The van der Waals surface area contributed by atoms with Crippen molar-refractivity contribution in [2.45, 2.75) is 26.2 Å². The Morgan fingerprint density at radius 3 is 2.03 bits per heavy atom. The van der Waals surface area contributed by atoms with Crippen molar-refractivity contribution in [3.8, 4) is 22.6 Å². The molecule has 0 amide bonds. The molecular weight excluding hydrogens is 476 g/mol. The third kappa shape index (κ3) is 3.53. The third-order valence-electron chi connectivity index (χ3n) is 8.00. The fourth-order valence-electron chi connectivity index (χ4n) is 5.92. The van der Waals surface area contributed by atoms with Gasteiger partial charge >= 0.3 is 5.97 Å². The molecule has 2 N–H and O–H groups in total. The molecule has 0 unspecified atom stereocenters. The molecule has 0 bridgehead atoms. The smallest absolute Gasteiger partial charge is 0.338 e. The van der Waals surface area contributed by atoms with Gasteiger partial charge in [0.15, 0.2) is 0 Å². The Labute approximate surface area is 222 Å². The molecule has 5 nitrogen and oxygen atoms in total. The van der Waals surface area contributed by atoms with Crippen molar-refractivity contribution < 1.29 is 24.5 Å². The summed E-state index contributed by atoms with van der Waals surface area (Å²) in [6.45, 7) is 7.29. The Morgan fingerprint density at radius 2 is 1.45 bits per heavy atom. The lowest BCUT2D eigenvalue weighted by molar-refractivity contribution is -0.127. The maximum Gasteiger partial charge on any atom is 0.338 e. The summed E-state index contributed by atoms with van der Waals surface area (Å²) in [5.41, 5.74) is 6.85. The Hall–Kier alpha value is -4.09. The van der Waals surface area contributed by atoms with Crippen LogP contribution in [0.4, 0.5) is 0 Å². The van der Waals surface area contributed by atoms with Gasteiger partial charge in [0.05, 0.1) is 24.2 Å². The summed E-state index contributed by atoms with van der Waals surface area (Å²) in [6, 6.07) is 25.3. The molecule has 4 aromatic carbocycles. The van der Waals surface area contributed by atoms with Gasteiger partial charge in [0.25, 0.3) is 0 Å². The third-order valence-corrected chi connectivity index (χ3v) is 8.00. The molecule has 1 aliphatic carbocycles. The summed E-state index contributed by atoms with van der Waals surface area (Å²) >= 11 is 0. The van der Waals surface area contributed by atoms with Gasteiger partial charge in [-0.25, -0.2) is 4.79 Å². The number of rotatable bonds is 5. The number of ether oxygens (including phenoxy) is 2. The van der Waals surface area contributed by atoms with E-state index in [0.29, 0.717) is 25.4 Å². The van der Waals surface area contributed by atoms with Gasteiger partial charge in [0, 0.05) is 11.0 Å². The summed E-state index contributed by atoms with van der Waals surface area (Å²) in [5.74, 6) is 0.0931. The van der Waals surface area contributed by atoms with Crippen LogP contribution in [-0.4, -0.2) is 36.0 Å². The molecule has 1 heterocycles. The predicted octanol–water partition coefficient (Wildman–Crippen LogP) is 6.27. The molecule has 5 heteroatoms. The van der Waals surface area contributed by atoms with E-state index in [1.54, 1.807) is 12.1 Å². The first-order valence-corrected chi connectivity index (χ1v) is 12.8. The zero-order chi connectivity index (χ0) is 26.7. The molecule has 0 spiro atoms. The quantitative estimate of drug-likeness (QED) is 0.275. The van der Waals surface area contributed by atoms with Crippen molar-refractivity contribution in [2.75, 3.05) is 19.8 Å². The van der Waals surface area contributed by atoms with E-state index >= 15 is 0 Å². The number of hydrogen-bond acceptors (Lipinski definition) is 5. The standard InChI is InChI=1S/C33H30O5/c1-20-15-22(11-13-28(20)34)33(23-12-14-29(35)21(2)16-23)26-9-5-4-7-24(26)30-25(8-6-10-27(30)33)31(36)38-19-32(3)17-37-18-32/h4-16,34-35H,17-19H2,1-3H3. The van der Waals surface area contributed by atoms with E-state index in [2.05, 4.69) is 19.1 Å². The minimum atomic E-state index is -0.771. The average Bonchev–Trinajstić information content (AvgIpc) is 3.21. The maximum atomic E-state index is 13.6. The Kier molecular flexibility index (Phi) is 5.58. The number of phenolic OH excluding ortho intramolecular Hbond substituents is 2. The largest absolute Gasteiger partial charge is 0.508 e.